The molecule has 0 fully saturated rings. The summed E-state index contributed by atoms with van der Waals surface area (Å²) in [6.45, 7) is 3.03. The zero-order valence-corrected chi connectivity index (χ0v) is 11.5. The molecule has 1 aromatic carbocycles. The molecule has 1 heterocycles. The second-order valence-corrected chi connectivity index (χ2v) is 5.24. The van der Waals surface area contributed by atoms with Gasteiger partial charge in [-0.05, 0) is 31.0 Å². The first-order valence-electron chi connectivity index (χ1n) is 6.02. The molecule has 0 saturated heterocycles. The number of rotatable bonds is 6. The van der Waals surface area contributed by atoms with Gasteiger partial charge in [0.15, 0.2) is 0 Å². The molecule has 1 atom stereocenters. The predicted octanol–water partition coefficient (Wildman–Crippen LogP) is 2.87. The molecule has 0 bridgehead atoms. The van der Waals surface area contributed by atoms with Crippen LogP contribution in [0.2, 0.25) is 0 Å². The van der Waals surface area contributed by atoms with E-state index < -0.39 is 0 Å². The number of aromatic nitrogens is 1. The van der Waals surface area contributed by atoms with Crippen molar-refractivity contribution in [3.05, 3.63) is 46.4 Å². The minimum atomic E-state index is 0.433. The maximum atomic E-state index is 5.15. The second-order valence-electron chi connectivity index (χ2n) is 4.26. The van der Waals surface area contributed by atoms with Crippen LogP contribution in [0.1, 0.15) is 17.5 Å². The van der Waals surface area contributed by atoms with Gasteiger partial charge in [-0.25, -0.2) is 4.98 Å². The van der Waals surface area contributed by atoms with Crippen LogP contribution in [0, 0.1) is 0 Å². The zero-order valence-electron chi connectivity index (χ0n) is 10.7. The summed E-state index contributed by atoms with van der Waals surface area (Å²) in [5.74, 6) is 0.905. The van der Waals surface area contributed by atoms with E-state index in [1.807, 2.05) is 23.7 Å². The number of hydrogen-bond donors (Lipinski definition) is 1. The van der Waals surface area contributed by atoms with Crippen molar-refractivity contribution in [3.8, 4) is 5.75 Å². The van der Waals surface area contributed by atoms with Gasteiger partial charge in [0.05, 0.1) is 7.11 Å². The molecular weight excluding hydrogens is 244 g/mol. The first kappa shape index (κ1) is 13.1. The Kier molecular flexibility index (Phi) is 4.73. The van der Waals surface area contributed by atoms with Gasteiger partial charge >= 0.3 is 0 Å². The molecule has 0 radical (unpaired) electrons. The van der Waals surface area contributed by atoms with E-state index in [4.69, 9.17) is 4.74 Å². The number of thiazole rings is 1. The minimum Gasteiger partial charge on any atom is -0.497 e. The third kappa shape index (κ3) is 3.82. The highest BCUT2D eigenvalue weighted by Gasteiger charge is 2.04. The van der Waals surface area contributed by atoms with E-state index in [1.165, 1.54) is 5.56 Å². The first-order valence-corrected chi connectivity index (χ1v) is 6.90. The smallest absolute Gasteiger partial charge is 0.118 e. The topological polar surface area (TPSA) is 34.1 Å². The summed E-state index contributed by atoms with van der Waals surface area (Å²) in [7, 11) is 1.69. The Morgan fingerprint density at radius 2 is 2.11 bits per heavy atom. The predicted molar refractivity (Wildman–Crippen MR) is 75.1 cm³/mol. The summed E-state index contributed by atoms with van der Waals surface area (Å²) in [6.07, 6.45) is 2.85. The van der Waals surface area contributed by atoms with Gasteiger partial charge in [0.1, 0.15) is 10.8 Å². The highest BCUT2D eigenvalue weighted by atomic mass is 32.1. The van der Waals surface area contributed by atoms with Crippen molar-refractivity contribution >= 4 is 11.3 Å². The SMILES string of the molecule is COc1ccc(CC(C)NCc2nccs2)cc1. The molecule has 0 aliphatic heterocycles. The molecule has 0 saturated carbocycles. The van der Waals surface area contributed by atoms with Crippen LogP contribution in [0.4, 0.5) is 0 Å². The lowest BCUT2D eigenvalue weighted by atomic mass is 10.1. The largest absolute Gasteiger partial charge is 0.497 e. The van der Waals surface area contributed by atoms with E-state index in [1.54, 1.807) is 18.4 Å². The molecule has 2 aromatic rings. The normalized spacial score (nSPS) is 12.3. The summed E-state index contributed by atoms with van der Waals surface area (Å²) in [4.78, 5) is 4.26. The van der Waals surface area contributed by atoms with Crippen LogP contribution >= 0.6 is 11.3 Å². The fourth-order valence-electron chi connectivity index (χ4n) is 1.79. The van der Waals surface area contributed by atoms with Crippen LogP contribution in [0.5, 0.6) is 5.75 Å². The van der Waals surface area contributed by atoms with Crippen LogP contribution in [0.15, 0.2) is 35.8 Å². The molecule has 18 heavy (non-hydrogen) atoms. The summed E-state index contributed by atoms with van der Waals surface area (Å²) >= 11 is 1.69. The lowest BCUT2D eigenvalue weighted by Gasteiger charge is -2.13. The van der Waals surface area contributed by atoms with Crippen molar-refractivity contribution in [2.75, 3.05) is 7.11 Å². The molecule has 2 rings (SSSR count). The highest BCUT2D eigenvalue weighted by Crippen LogP contribution is 2.13. The molecule has 4 heteroatoms. The number of methoxy groups -OCH3 is 1. The van der Waals surface area contributed by atoms with E-state index >= 15 is 0 Å². The molecule has 0 aliphatic carbocycles. The Morgan fingerprint density at radius 1 is 1.33 bits per heavy atom. The van der Waals surface area contributed by atoms with E-state index in [0.29, 0.717) is 6.04 Å². The van der Waals surface area contributed by atoms with Gasteiger partial charge < -0.3 is 10.1 Å². The number of nitrogens with zero attached hydrogens (tertiary/aromatic N) is 1. The molecule has 0 aliphatic rings. The van der Waals surface area contributed by atoms with Gasteiger partial charge in [-0.2, -0.15) is 0 Å². The summed E-state index contributed by atoms with van der Waals surface area (Å²) in [6, 6.07) is 8.66. The van der Waals surface area contributed by atoms with Gasteiger partial charge in [0, 0.05) is 24.2 Å². The van der Waals surface area contributed by atoms with E-state index in [0.717, 1.165) is 23.7 Å². The number of benzene rings is 1. The number of hydrogen-bond acceptors (Lipinski definition) is 4. The summed E-state index contributed by atoms with van der Waals surface area (Å²) in [5.41, 5.74) is 1.31. The van der Waals surface area contributed by atoms with Crippen molar-refractivity contribution in [1.82, 2.24) is 10.3 Å². The number of nitrogens with one attached hydrogen (secondary N) is 1. The third-order valence-corrected chi connectivity index (χ3v) is 3.57. The summed E-state index contributed by atoms with van der Waals surface area (Å²) in [5, 5.41) is 6.62. The molecule has 1 N–H and O–H groups in total. The number of ether oxygens (including phenoxy) is 1. The lowest BCUT2D eigenvalue weighted by Crippen LogP contribution is -2.27. The van der Waals surface area contributed by atoms with Crippen LogP contribution in [-0.4, -0.2) is 18.1 Å². The van der Waals surface area contributed by atoms with Gasteiger partial charge in [-0.1, -0.05) is 12.1 Å². The van der Waals surface area contributed by atoms with Crippen LogP contribution in [-0.2, 0) is 13.0 Å². The quantitative estimate of drug-likeness (QED) is 0.869. The molecule has 96 valence electrons. The van der Waals surface area contributed by atoms with Crippen LogP contribution in [0.3, 0.4) is 0 Å². The molecule has 0 spiro atoms. The van der Waals surface area contributed by atoms with E-state index in [-0.39, 0.29) is 0 Å². The standard InChI is InChI=1S/C14H18N2OS/c1-11(16-10-14-15-7-8-18-14)9-12-3-5-13(17-2)6-4-12/h3-8,11,16H,9-10H2,1-2H3. The highest BCUT2D eigenvalue weighted by molar-refractivity contribution is 7.09. The Labute approximate surface area is 112 Å². The fraction of sp³-hybridized carbons (Fsp3) is 0.357. The van der Waals surface area contributed by atoms with Crippen molar-refractivity contribution < 1.29 is 4.74 Å². The zero-order chi connectivity index (χ0) is 12.8. The average molecular weight is 262 g/mol. The van der Waals surface area contributed by atoms with Gasteiger partial charge in [0.25, 0.3) is 0 Å². The van der Waals surface area contributed by atoms with Crippen molar-refractivity contribution in [1.29, 1.82) is 0 Å². The second kappa shape index (κ2) is 6.52. The third-order valence-electron chi connectivity index (χ3n) is 2.79. The maximum absolute atomic E-state index is 5.15. The van der Waals surface area contributed by atoms with Crippen molar-refractivity contribution in [3.63, 3.8) is 0 Å². The Bertz CT molecular complexity index is 453. The lowest BCUT2D eigenvalue weighted by molar-refractivity contribution is 0.414. The van der Waals surface area contributed by atoms with Gasteiger partial charge in [-0.15, -0.1) is 11.3 Å². The first-order chi connectivity index (χ1) is 8.78. The Morgan fingerprint density at radius 3 is 2.72 bits per heavy atom. The van der Waals surface area contributed by atoms with Gasteiger partial charge in [0.2, 0.25) is 0 Å². The average Bonchev–Trinajstić information content (AvgIpc) is 2.90. The van der Waals surface area contributed by atoms with Crippen LogP contribution in [0.25, 0.3) is 0 Å². The monoisotopic (exact) mass is 262 g/mol. The van der Waals surface area contributed by atoms with Crippen LogP contribution < -0.4 is 10.1 Å². The van der Waals surface area contributed by atoms with Crippen molar-refractivity contribution in [2.24, 2.45) is 0 Å². The Hall–Kier alpha value is -1.39. The fourth-order valence-corrected chi connectivity index (χ4v) is 2.36. The molecule has 1 unspecified atom stereocenters. The molecule has 1 aromatic heterocycles. The van der Waals surface area contributed by atoms with E-state index in [2.05, 4.69) is 29.4 Å². The molecule has 0 amide bonds. The molecular formula is C14H18N2OS. The summed E-state index contributed by atoms with van der Waals surface area (Å²) < 4.78 is 5.15. The minimum absolute atomic E-state index is 0.433. The van der Waals surface area contributed by atoms with E-state index in [9.17, 15) is 0 Å². The van der Waals surface area contributed by atoms with Gasteiger partial charge in [-0.3, -0.25) is 0 Å². The van der Waals surface area contributed by atoms with Crippen molar-refractivity contribution in [2.45, 2.75) is 25.9 Å². The maximum Gasteiger partial charge on any atom is 0.118 e. The Balaban J connectivity index is 1.80. The molecule has 3 nitrogen and oxygen atoms in total.